The van der Waals surface area contributed by atoms with Crippen LogP contribution in [0.3, 0.4) is 0 Å². The number of rotatable bonds is 1. The first kappa shape index (κ1) is 15.9. The molecule has 3 aromatic carbocycles. The zero-order chi connectivity index (χ0) is 18.7. The fourth-order valence-electron chi connectivity index (χ4n) is 4.77. The van der Waals surface area contributed by atoms with Gasteiger partial charge in [-0.15, -0.1) is 0 Å². The van der Waals surface area contributed by atoms with Gasteiger partial charge >= 0.3 is 0 Å². The van der Waals surface area contributed by atoms with Gasteiger partial charge in [0.1, 0.15) is 17.2 Å². The lowest BCUT2D eigenvalue weighted by atomic mass is 9.91. The van der Waals surface area contributed by atoms with Gasteiger partial charge in [0.15, 0.2) is 11.0 Å². The van der Waals surface area contributed by atoms with Crippen LogP contribution >= 0.6 is 0 Å². The van der Waals surface area contributed by atoms with Crippen LogP contribution in [0.4, 0.5) is 0 Å². The molecule has 3 heteroatoms. The van der Waals surface area contributed by atoms with Crippen molar-refractivity contribution in [2.45, 2.75) is 32.1 Å². The molecule has 0 spiro atoms. The highest BCUT2D eigenvalue weighted by molar-refractivity contribution is 5.77. The zero-order valence-corrected chi connectivity index (χ0v) is 16.1. The summed E-state index contributed by atoms with van der Waals surface area (Å²) in [4.78, 5) is 0. The van der Waals surface area contributed by atoms with E-state index in [0.29, 0.717) is 0 Å². The van der Waals surface area contributed by atoms with Crippen molar-refractivity contribution in [1.82, 2.24) is 4.57 Å². The summed E-state index contributed by atoms with van der Waals surface area (Å²) in [6.07, 6.45) is 8.16. The standard InChI is InChI=1S/C25H23N2O/c1-26-16-27(23-15-18-7-3-2-6-17(18)14-22(23)26)21-10-11-25-20(13-21)12-19-8-4-5-9-24(19)28-25/h4-5,8-11,13-16H,2-3,6-7,12H2,1H3/q+1. The third kappa shape index (κ3) is 2.39. The van der Waals surface area contributed by atoms with Crippen LogP contribution in [-0.4, -0.2) is 4.57 Å². The van der Waals surface area contributed by atoms with Crippen molar-refractivity contribution < 1.29 is 9.30 Å². The first-order valence-electron chi connectivity index (χ1n) is 10.2. The molecule has 0 fully saturated rings. The Morgan fingerprint density at radius 1 is 0.821 bits per heavy atom. The number of aromatic nitrogens is 2. The molecule has 0 saturated heterocycles. The van der Waals surface area contributed by atoms with Crippen LogP contribution < -0.4 is 9.30 Å². The molecule has 2 heterocycles. The number of para-hydroxylation sites is 1. The molecular weight excluding hydrogens is 344 g/mol. The van der Waals surface area contributed by atoms with E-state index >= 15 is 0 Å². The first-order valence-corrected chi connectivity index (χ1v) is 10.2. The molecule has 0 atom stereocenters. The predicted molar refractivity (Wildman–Crippen MR) is 110 cm³/mol. The van der Waals surface area contributed by atoms with Gasteiger partial charge in [0.2, 0.25) is 6.33 Å². The molecule has 0 N–H and O–H groups in total. The van der Waals surface area contributed by atoms with Gasteiger partial charge in [-0.05, 0) is 78.8 Å². The largest absolute Gasteiger partial charge is 0.457 e. The van der Waals surface area contributed by atoms with Gasteiger partial charge in [0, 0.05) is 12.0 Å². The summed E-state index contributed by atoms with van der Waals surface area (Å²) < 4.78 is 10.7. The third-order valence-corrected chi connectivity index (χ3v) is 6.26. The molecule has 3 nitrogen and oxygen atoms in total. The van der Waals surface area contributed by atoms with Gasteiger partial charge in [0.25, 0.3) is 0 Å². The van der Waals surface area contributed by atoms with E-state index in [1.54, 1.807) is 0 Å². The highest BCUT2D eigenvalue weighted by Crippen LogP contribution is 2.37. The summed E-state index contributed by atoms with van der Waals surface area (Å²) in [7, 11) is 2.14. The second-order valence-corrected chi connectivity index (χ2v) is 8.09. The minimum Gasteiger partial charge on any atom is -0.457 e. The minimum absolute atomic E-state index is 0.917. The molecule has 138 valence electrons. The normalized spacial score (nSPS) is 14.9. The molecule has 1 aromatic heterocycles. The number of fused-ring (bicyclic) bond motifs is 4. The summed E-state index contributed by atoms with van der Waals surface area (Å²) in [5.41, 5.74) is 9.35. The zero-order valence-electron chi connectivity index (χ0n) is 16.1. The van der Waals surface area contributed by atoms with Crippen molar-refractivity contribution in [2.24, 2.45) is 7.05 Å². The Bertz CT molecular complexity index is 1240. The highest BCUT2D eigenvalue weighted by atomic mass is 16.5. The van der Waals surface area contributed by atoms with Crippen molar-refractivity contribution in [3.63, 3.8) is 0 Å². The summed E-state index contributed by atoms with van der Waals surface area (Å²) in [5.74, 6) is 1.95. The summed E-state index contributed by atoms with van der Waals surface area (Å²) in [6.45, 7) is 0. The second-order valence-electron chi connectivity index (χ2n) is 8.09. The van der Waals surface area contributed by atoms with Crippen molar-refractivity contribution in [2.75, 3.05) is 0 Å². The highest BCUT2D eigenvalue weighted by Gasteiger charge is 2.22. The lowest BCUT2D eigenvalue weighted by Gasteiger charge is -2.20. The van der Waals surface area contributed by atoms with E-state index in [-0.39, 0.29) is 0 Å². The van der Waals surface area contributed by atoms with E-state index in [1.165, 1.54) is 64.7 Å². The van der Waals surface area contributed by atoms with Crippen LogP contribution in [-0.2, 0) is 26.3 Å². The monoisotopic (exact) mass is 367 g/mol. The van der Waals surface area contributed by atoms with Crippen LogP contribution in [0.15, 0.2) is 60.9 Å². The molecule has 0 bridgehead atoms. The molecule has 0 amide bonds. The van der Waals surface area contributed by atoms with Gasteiger partial charge in [-0.25, -0.2) is 4.57 Å². The third-order valence-electron chi connectivity index (χ3n) is 6.26. The fourth-order valence-corrected chi connectivity index (χ4v) is 4.77. The van der Waals surface area contributed by atoms with Crippen molar-refractivity contribution >= 4 is 11.0 Å². The van der Waals surface area contributed by atoms with Gasteiger partial charge in [-0.3, -0.25) is 0 Å². The Morgan fingerprint density at radius 3 is 2.50 bits per heavy atom. The van der Waals surface area contributed by atoms with E-state index in [2.05, 4.69) is 71.0 Å². The van der Waals surface area contributed by atoms with Gasteiger partial charge < -0.3 is 4.74 Å². The molecule has 0 saturated carbocycles. The Labute approximate surface area is 164 Å². The SMILES string of the molecule is C[n+]1cn(-c2ccc3c(c2)Cc2ccccc2O3)c2cc3c(cc21)CCCC3. The number of ether oxygens (including phenoxy) is 1. The fraction of sp³-hybridized carbons (Fsp3) is 0.240. The van der Waals surface area contributed by atoms with E-state index in [0.717, 1.165) is 17.9 Å². The number of nitrogens with zero attached hydrogens (tertiary/aromatic N) is 2. The molecule has 6 rings (SSSR count). The van der Waals surface area contributed by atoms with Crippen molar-refractivity contribution in [1.29, 1.82) is 0 Å². The van der Waals surface area contributed by atoms with E-state index < -0.39 is 0 Å². The molecule has 28 heavy (non-hydrogen) atoms. The molecule has 0 radical (unpaired) electrons. The number of benzene rings is 3. The summed E-state index contributed by atoms with van der Waals surface area (Å²) in [5, 5.41) is 0. The quantitative estimate of drug-likeness (QED) is 0.380. The minimum atomic E-state index is 0.917. The Morgan fingerprint density at radius 2 is 1.61 bits per heavy atom. The Kier molecular flexibility index (Phi) is 3.39. The molecule has 0 unspecified atom stereocenters. The first-order chi connectivity index (χ1) is 13.8. The number of aryl methyl sites for hydroxylation is 3. The van der Waals surface area contributed by atoms with Crippen molar-refractivity contribution in [3.05, 3.63) is 83.2 Å². The second kappa shape index (κ2) is 5.96. The molecule has 1 aliphatic heterocycles. The average Bonchev–Trinajstić information content (AvgIpc) is 3.06. The van der Waals surface area contributed by atoms with E-state index in [4.69, 9.17) is 4.74 Å². The lowest BCUT2D eigenvalue weighted by molar-refractivity contribution is -0.645. The maximum Gasteiger partial charge on any atom is 0.249 e. The smallest absolute Gasteiger partial charge is 0.249 e. The Hall–Kier alpha value is -3.07. The lowest BCUT2D eigenvalue weighted by Crippen LogP contribution is -2.25. The van der Waals surface area contributed by atoms with Crippen LogP contribution in [0, 0.1) is 0 Å². The molecule has 4 aromatic rings. The predicted octanol–water partition coefficient (Wildman–Crippen LogP) is 5.03. The maximum atomic E-state index is 6.12. The number of hydrogen-bond acceptors (Lipinski definition) is 1. The topological polar surface area (TPSA) is 18.0 Å². The number of imidazole rings is 1. The molecule has 2 aliphatic rings. The van der Waals surface area contributed by atoms with Gasteiger partial charge in [0.05, 0.1) is 7.05 Å². The molecule has 1 aliphatic carbocycles. The van der Waals surface area contributed by atoms with Crippen LogP contribution in [0.1, 0.15) is 35.1 Å². The maximum absolute atomic E-state index is 6.12. The van der Waals surface area contributed by atoms with Gasteiger partial charge in [-0.2, -0.15) is 4.57 Å². The average molecular weight is 367 g/mol. The van der Waals surface area contributed by atoms with Crippen LogP contribution in [0.2, 0.25) is 0 Å². The van der Waals surface area contributed by atoms with Crippen LogP contribution in [0.5, 0.6) is 11.5 Å². The van der Waals surface area contributed by atoms with Crippen LogP contribution in [0.25, 0.3) is 16.7 Å². The number of hydrogen-bond donors (Lipinski definition) is 0. The van der Waals surface area contributed by atoms with Gasteiger partial charge in [-0.1, -0.05) is 18.2 Å². The molecular formula is C25H23N2O+. The van der Waals surface area contributed by atoms with E-state index in [1.807, 2.05) is 6.07 Å². The van der Waals surface area contributed by atoms with E-state index in [9.17, 15) is 0 Å². The summed E-state index contributed by atoms with van der Waals surface area (Å²) >= 11 is 0. The van der Waals surface area contributed by atoms with Crippen molar-refractivity contribution in [3.8, 4) is 17.2 Å². The Balaban J connectivity index is 1.48. The summed E-state index contributed by atoms with van der Waals surface area (Å²) in [6, 6.07) is 19.7.